The molecule has 3 N–H and O–H groups in total. The number of aromatic amines is 1. The lowest BCUT2D eigenvalue weighted by molar-refractivity contribution is -0.0493. The smallest absolute Gasteiger partial charge is 0.387 e. The zero-order valence-corrected chi connectivity index (χ0v) is 17.3. The fourth-order valence-electron chi connectivity index (χ4n) is 3.55. The fraction of sp³-hybridized carbons (Fsp3) is 0.273. The molecule has 10 heteroatoms. The number of nitrogens with one attached hydrogen (secondary N) is 3. The third-order valence-electron chi connectivity index (χ3n) is 4.93. The Morgan fingerprint density at radius 3 is 2.84 bits per heavy atom. The molecule has 32 heavy (non-hydrogen) atoms. The molecule has 4 rings (SSSR count). The number of fused-ring (bicyclic) bond motifs is 1. The summed E-state index contributed by atoms with van der Waals surface area (Å²) in [5, 5.41) is 5.95. The Labute approximate surface area is 182 Å². The normalized spacial score (nSPS) is 12.9. The third-order valence-corrected chi connectivity index (χ3v) is 4.93. The molecule has 0 unspecified atom stereocenters. The average molecular weight is 444 g/mol. The van der Waals surface area contributed by atoms with Gasteiger partial charge >= 0.3 is 6.61 Å². The lowest BCUT2D eigenvalue weighted by Crippen LogP contribution is -2.31. The van der Waals surface area contributed by atoms with E-state index >= 15 is 0 Å². The molecular weight excluding hydrogens is 422 g/mol. The van der Waals surface area contributed by atoms with Crippen LogP contribution in [0.4, 0.5) is 20.2 Å². The van der Waals surface area contributed by atoms with E-state index in [-0.39, 0.29) is 11.7 Å². The average Bonchev–Trinajstić information content (AvgIpc) is 3.15. The van der Waals surface area contributed by atoms with Crippen LogP contribution in [-0.4, -0.2) is 49.4 Å². The van der Waals surface area contributed by atoms with E-state index in [1.165, 1.54) is 6.07 Å². The molecule has 0 saturated heterocycles. The number of amides is 1. The predicted octanol–water partition coefficient (Wildman–Crippen LogP) is 3.73. The zero-order chi connectivity index (χ0) is 22.5. The van der Waals surface area contributed by atoms with Crippen LogP contribution in [0.2, 0.25) is 0 Å². The molecule has 3 heterocycles. The van der Waals surface area contributed by atoms with Crippen LogP contribution >= 0.6 is 0 Å². The SMILES string of the molecule is COCCOc1cnccc1-c1[nH]c2c(c1Nc1ccccc1OC(F)F)C(=O)NCC2. The Balaban J connectivity index is 1.81. The number of benzene rings is 1. The van der Waals surface area contributed by atoms with Crippen LogP contribution < -0.4 is 20.1 Å². The third kappa shape index (κ3) is 4.50. The van der Waals surface area contributed by atoms with Gasteiger partial charge in [0.1, 0.15) is 18.1 Å². The van der Waals surface area contributed by atoms with Crippen molar-refractivity contribution < 1.29 is 27.8 Å². The number of halogens is 2. The Bertz CT molecular complexity index is 1100. The number of ether oxygens (including phenoxy) is 3. The van der Waals surface area contributed by atoms with Gasteiger partial charge in [-0.05, 0) is 18.2 Å². The van der Waals surface area contributed by atoms with Gasteiger partial charge in [-0.1, -0.05) is 12.1 Å². The molecule has 168 valence electrons. The van der Waals surface area contributed by atoms with E-state index in [0.717, 1.165) is 5.69 Å². The van der Waals surface area contributed by atoms with E-state index < -0.39 is 6.61 Å². The highest BCUT2D eigenvalue weighted by Crippen LogP contribution is 2.41. The van der Waals surface area contributed by atoms with Crippen molar-refractivity contribution in [3.63, 3.8) is 0 Å². The van der Waals surface area contributed by atoms with Crippen LogP contribution in [0.25, 0.3) is 11.3 Å². The summed E-state index contributed by atoms with van der Waals surface area (Å²) in [5.41, 5.74) is 3.12. The maximum absolute atomic E-state index is 12.9. The number of H-pyrrole nitrogens is 1. The minimum Gasteiger partial charge on any atom is -0.489 e. The number of rotatable bonds is 9. The second kappa shape index (κ2) is 9.65. The first-order valence-corrected chi connectivity index (χ1v) is 9.98. The molecule has 0 aliphatic carbocycles. The van der Waals surface area contributed by atoms with Gasteiger partial charge in [0, 0.05) is 37.5 Å². The minimum atomic E-state index is -2.98. The molecule has 0 radical (unpaired) electrons. The summed E-state index contributed by atoms with van der Waals surface area (Å²) >= 11 is 0. The van der Waals surface area contributed by atoms with Crippen molar-refractivity contribution in [1.82, 2.24) is 15.3 Å². The van der Waals surface area contributed by atoms with Gasteiger partial charge in [0.15, 0.2) is 0 Å². The molecule has 1 aliphatic heterocycles. The topological polar surface area (TPSA) is 97.5 Å². The van der Waals surface area contributed by atoms with E-state index in [0.29, 0.717) is 60.1 Å². The summed E-state index contributed by atoms with van der Waals surface area (Å²) in [7, 11) is 1.58. The van der Waals surface area contributed by atoms with Gasteiger partial charge < -0.3 is 29.8 Å². The number of carbonyl (C=O) groups is 1. The van der Waals surface area contributed by atoms with Crippen LogP contribution in [0, 0.1) is 0 Å². The van der Waals surface area contributed by atoms with Crippen LogP contribution in [0.1, 0.15) is 16.1 Å². The molecular formula is C22H22F2N4O4. The highest BCUT2D eigenvalue weighted by molar-refractivity contribution is 6.06. The number of alkyl halides is 2. The highest BCUT2D eigenvalue weighted by atomic mass is 19.3. The maximum atomic E-state index is 12.9. The van der Waals surface area contributed by atoms with E-state index in [9.17, 15) is 13.6 Å². The molecule has 1 aromatic carbocycles. The van der Waals surface area contributed by atoms with Crippen molar-refractivity contribution in [2.24, 2.45) is 0 Å². The second-order valence-electron chi connectivity index (χ2n) is 6.95. The summed E-state index contributed by atoms with van der Waals surface area (Å²) in [6.07, 6.45) is 3.77. The quantitative estimate of drug-likeness (QED) is 0.435. The number of methoxy groups -OCH3 is 1. The molecule has 1 amide bonds. The zero-order valence-electron chi connectivity index (χ0n) is 17.3. The van der Waals surface area contributed by atoms with Crippen molar-refractivity contribution >= 4 is 17.3 Å². The van der Waals surface area contributed by atoms with Gasteiger partial charge in [0.25, 0.3) is 5.91 Å². The van der Waals surface area contributed by atoms with E-state index in [4.69, 9.17) is 9.47 Å². The van der Waals surface area contributed by atoms with Gasteiger partial charge in [-0.2, -0.15) is 8.78 Å². The lowest BCUT2D eigenvalue weighted by atomic mass is 10.0. The standard InChI is InChI=1S/C22H22F2N4O4/c1-30-10-11-31-17-12-25-8-6-13(17)19-20(18-15(28-19)7-9-26-21(18)29)27-14-4-2-3-5-16(14)32-22(23)24/h2-6,8,12,22,27-28H,7,9-11H2,1H3,(H,26,29). The van der Waals surface area contributed by atoms with E-state index in [1.807, 2.05) is 0 Å². The van der Waals surface area contributed by atoms with Crippen molar-refractivity contribution in [3.8, 4) is 22.8 Å². The van der Waals surface area contributed by atoms with Crippen molar-refractivity contribution in [3.05, 3.63) is 54.0 Å². The molecule has 0 spiro atoms. The number of para-hydroxylation sites is 2. The predicted molar refractivity (Wildman–Crippen MR) is 114 cm³/mol. The van der Waals surface area contributed by atoms with Crippen LogP contribution in [0.3, 0.4) is 0 Å². The Kier molecular flexibility index (Phi) is 6.50. The molecule has 0 saturated carbocycles. The van der Waals surface area contributed by atoms with Crippen LogP contribution in [-0.2, 0) is 11.2 Å². The van der Waals surface area contributed by atoms with Crippen LogP contribution in [0.15, 0.2) is 42.7 Å². The summed E-state index contributed by atoms with van der Waals surface area (Å²) in [5.74, 6) is 0.189. The van der Waals surface area contributed by atoms with Gasteiger partial charge in [0.05, 0.1) is 35.4 Å². The van der Waals surface area contributed by atoms with Gasteiger partial charge in [-0.25, -0.2) is 0 Å². The Hall–Kier alpha value is -3.66. The van der Waals surface area contributed by atoms with Crippen LogP contribution in [0.5, 0.6) is 11.5 Å². The molecule has 2 aromatic heterocycles. The first kappa shape index (κ1) is 21.6. The molecule has 1 aliphatic rings. The monoisotopic (exact) mass is 444 g/mol. The van der Waals surface area contributed by atoms with Crippen molar-refractivity contribution in [2.45, 2.75) is 13.0 Å². The summed E-state index contributed by atoms with van der Waals surface area (Å²) in [6.45, 7) is -1.79. The summed E-state index contributed by atoms with van der Waals surface area (Å²) in [6, 6.07) is 8.06. The number of pyridine rings is 1. The largest absolute Gasteiger partial charge is 0.489 e. The minimum absolute atomic E-state index is 0.0362. The van der Waals surface area contributed by atoms with E-state index in [1.54, 1.807) is 43.8 Å². The lowest BCUT2D eigenvalue weighted by Gasteiger charge is -2.17. The van der Waals surface area contributed by atoms with Gasteiger partial charge in [-0.15, -0.1) is 0 Å². The molecule has 8 nitrogen and oxygen atoms in total. The number of aromatic nitrogens is 2. The molecule has 0 atom stereocenters. The molecule has 0 bridgehead atoms. The molecule has 3 aromatic rings. The van der Waals surface area contributed by atoms with Crippen molar-refractivity contribution in [2.75, 3.05) is 32.2 Å². The van der Waals surface area contributed by atoms with E-state index in [2.05, 4.69) is 25.3 Å². The molecule has 0 fully saturated rings. The summed E-state index contributed by atoms with van der Waals surface area (Å²) < 4.78 is 41.3. The number of carbonyl (C=O) groups excluding carboxylic acids is 1. The number of hydrogen-bond acceptors (Lipinski definition) is 6. The highest BCUT2D eigenvalue weighted by Gasteiger charge is 2.28. The van der Waals surface area contributed by atoms with Crippen molar-refractivity contribution in [1.29, 1.82) is 0 Å². The summed E-state index contributed by atoms with van der Waals surface area (Å²) in [4.78, 5) is 20.2. The first-order valence-electron chi connectivity index (χ1n) is 9.98. The number of hydrogen-bond donors (Lipinski definition) is 3. The second-order valence-corrected chi connectivity index (χ2v) is 6.95. The fourth-order valence-corrected chi connectivity index (χ4v) is 3.55. The Morgan fingerprint density at radius 2 is 2.03 bits per heavy atom. The maximum Gasteiger partial charge on any atom is 0.387 e. The first-order chi connectivity index (χ1) is 15.6. The number of nitrogens with zero attached hydrogens (tertiary/aromatic N) is 1. The Morgan fingerprint density at radius 1 is 1.19 bits per heavy atom. The van der Waals surface area contributed by atoms with Gasteiger partial charge in [-0.3, -0.25) is 9.78 Å². The van der Waals surface area contributed by atoms with Gasteiger partial charge in [0.2, 0.25) is 0 Å². The number of anilines is 2.